The molecule has 8 heteroatoms. The van der Waals surface area contributed by atoms with Gasteiger partial charge in [0.2, 0.25) is 5.28 Å². The summed E-state index contributed by atoms with van der Waals surface area (Å²) < 4.78 is 0. The Morgan fingerprint density at radius 1 is 1.22 bits per heavy atom. The first-order valence-corrected chi connectivity index (χ1v) is 5.56. The minimum atomic E-state index is 0.149. The summed E-state index contributed by atoms with van der Waals surface area (Å²) in [7, 11) is 0. The molecule has 0 aliphatic rings. The Labute approximate surface area is 107 Å². The van der Waals surface area contributed by atoms with E-state index in [1.165, 1.54) is 0 Å². The van der Waals surface area contributed by atoms with Gasteiger partial charge in [-0.25, -0.2) is 4.98 Å². The molecule has 3 rings (SSSR count). The fourth-order valence-corrected chi connectivity index (χ4v) is 1.69. The van der Waals surface area contributed by atoms with E-state index in [9.17, 15) is 0 Å². The number of halogens is 1. The minimum Gasteiger partial charge on any atom is -0.362 e. The lowest BCUT2D eigenvalue weighted by molar-refractivity contribution is 0.996. The van der Waals surface area contributed by atoms with Gasteiger partial charge in [-0.05, 0) is 11.6 Å². The lowest BCUT2D eigenvalue weighted by atomic mass is 10.4. The summed E-state index contributed by atoms with van der Waals surface area (Å²) in [6.45, 7) is 0.495. The molecule has 0 saturated heterocycles. The fourth-order valence-electron chi connectivity index (χ4n) is 1.53. The molecule has 0 unspecified atom stereocenters. The van der Waals surface area contributed by atoms with Crippen molar-refractivity contribution in [3.05, 3.63) is 35.9 Å². The SMILES string of the molecule is Clc1nc(NCc2cnccn2)c2[nH]cnc2n1. The third-order valence-corrected chi connectivity index (χ3v) is 2.48. The van der Waals surface area contributed by atoms with Crippen LogP contribution < -0.4 is 5.32 Å². The zero-order chi connectivity index (χ0) is 12.4. The Hall–Kier alpha value is -2.28. The Morgan fingerprint density at radius 3 is 3.00 bits per heavy atom. The van der Waals surface area contributed by atoms with Gasteiger partial charge in [0.1, 0.15) is 5.52 Å². The van der Waals surface area contributed by atoms with Crippen LogP contribution in [-0.4, -0.2) is 29.9 Å². The highest BCUT2D eigenvalue weighted by Crippen LogP contribution is 2.18. The van der Waals surface area contributed by atoms with E-state index in [0.29, 0.717) is 23.5 Å². The summed E-state index contributed by atoms with van der Waals surface area (Å²) >= 11 is 5.82. The molecule has 0 spiro atoms. The van der Waals surface area contributed by atoms with Crippen molar-refractivity contribution in [1.82, 2.24) is 29.9 Å². The molecule has 0 aliphatic carbocycles. The van der Waals surface area contributed by atoms with Gasteiger partial charge in [0.15, 0.2) is 11.5 Å². The van der Waals surface area contributed by atoms with Crippen molar-refractivity contribution < 1.29 is 0 Å². The van der Waals surface area contributed by atoms with Gasteiger partial charge in [-0.15, -0.1) is 0 Å². The third-order valence-electron chi connectivity index (χ3n) is 2.31. The standard InChI is InChI=1S/C10H8ClN7/c11-10-17-8(7-9(18-10)16-5-15-7)14-4-6-3-12-1-2-13-6/h1-3,5H,4H2,(H2,14,15,16,17,18). The van der Waals surface area contributed by atoms with Crippen LogP contribution in [0.3, 0.4) is 0 Å². The number of hydrogen-bond acceptors (Lipinski definition) is 6. The van der Waals surface area contributed by atoms with E-state index >= 15 is 0 Å². The largest absolute Gasteiger partial charge is 0.362 e. The fraction of sp³-hybridized carbons (Fsp3) is 0.100. The van der Waals surface area contributed by atoms with Crippen molar-refractivity contribution in [2.75, 3.05) is 5.32 Å². The van der Waals surface area contributed by atoms with Gasteiger partial charge in [-0.3, -0.25) is 9.97 Å². The molecule has 18 heavy (non-hydrogen) atoms. The molecular weight excluding hydrogens is 254 g/mol. The van der Waals surface area contributed by atoms with E-state index in [1.807, 2.05) is 0 Å². The van der Waals surface area contributed by atoms with Crippen LogP contribution in [0.1, 0.15) is 5.69 Å². The minimum absolute atomic E-state index is 0.149. The van der Waals surface area contributed by atoms with E-state index < -0.39 is 0 Å². The van der Waals surface area contributed by atoms with Crippen LogP contribution in [0.4, 0.5) is 5.82 Å². The second kappa shape index (κ2) is 4.53. The summed E-state index contributed by atoms with van der Waals surface area (Å²) in [6.07, 6.45) is 6.48. The number of fused-ring (bicyclic) bond motifs is 1. The molecule has 0 bridgehead atoms. The average Bonchev–Trinajstić information content (AvgIpc) is 2.85. The smallest absolute Gasteiger partial charge is 0.226 e. The number of rotatable bonds is 3. The van der Waals surface area contributed by atoms with Crippen molar-refractivity contribution in [2.45, 2.75) is 6.54 Å². The number of hydrogen-bond donors (Lipinski definition) is 2. The monoisotopic (exact) mass is 261 g/mol. The van der Waals surface area contributed by atoms with Crippen molar-refractivity contribution >= 4 is 28.6 Å². The van der Waals surface area contributed by atoms with Gasteiger partial charge in [-0.1, -0.05) is 0 Å². The van der Waals surface area contributed by atoms with Crippen molar-refractivity contribution in [3.63, 3.8) is 0 Å². The first-order valence-electron chi connectivity index (χ1n) is 5.18. The number of nitrogens with zero attached hydrogens (tertiary/aromatic N) is 5. The highest BCUT2D eigenvalue weighted by atomic mass is 35.5. The number of aromatic amines is 1. The lowest BCUT2D eigenvalue weighted by Gasteiger charge is -2.05. The summed E-state index contributed by atoms with van der Waals surface area (Å²) in [5.74, 6) is 0.591. The van der Waals surface area contributed by atoms with Crippen molar-refractivity contribution in [3.8, 4) is 0 Å². The molecule has 0 amide bonds. The first-order chi connectivity index (χ1) is 8.83. The lowest BCUT2D eigenvalue weighted by Crippen LogP contribution is -2.04. The quantitative estimate of drug-likeness (QED) is 0.693. The van der Waals surface area contributed by atoms with E-state index in [-0.39, 0.29) is 5.28 Å². The topological polar surface area (TPSA) is 92.3 Å². The van der Waals surface area contributed by atoms with E-state index in [2.05, 4.69) is 35.2 Å². The number of H-pyrrole nitrogens is 1. The third kappa shape index (κ3) is 2.07. The Morgan fingerprint density at radius 2 is 2.17 bits per heavy atom. The Kier molecular flexibility index (Phi) is 2.73. The molecule has 3 aromatic rings. The maximum absolute atomic E-state index is 5.82. The van der Waals surface area contributed by atoms with Crippen LogP contribution >= 0.6 is 11.6 Å². The van der Waals surface area contributed by atoms with E-state index in [4.69, 9.17) is 11.6 Å². The van der Waals surface area contributed by atoms with Crippen LogP contribution in [0.15, 0.2) is 24.9 Å². The molecule has 0 saturated carbocycles. The number of nitrogens with one attached hydrogen (secondary N) is 2. The molecular formula is C10H8ClN7. The Balaban J connectivity index is 1.88. The predicted molar refractivity (Wildman–Crippen MR) is 66.1 cm³/mol. The maximum Gasteiger partial charge on any atom is 0.226 e. The van der Waals surface area contributed by atoms with Crippen LogP contribution in [0.25, 0.3) is 11.2 Å². The predicted octanol–water partition coefficient (Wildman–Crippen LogP) is 1.41. The Bertz CT molecular complexity index is 666. The van der Waals surface area contributed by atoms with Crippen LogP contribution in [0.5, 0.6) is 0 Å². The normalized spacial score (nSPS) is 10.7. The van der Waals surface area contributed by atoms with Crippen LogP contribution in [0.2, 0.25) is 5.28 Å². The van der Waals surface area contributed by atoms with Crippen LogP contribution in [-0.2, 0) is 6.54 Å². The summed E-state index contributed by atoms with van der Waals surface area (Å²) in [5.41, 5.74) is 2.04. The van der Waals surface area contributed by atoms with Gasteiger partial charge in [-0.2, -0.15) is 9.97 Å². The molecule has 0 fully saturated rings. The molecule has 90 valence electrons. The van der Waals surface area contributed by atoms with Crippen molar-refractivity contribution in [2.24, 2.45) is 0 Å². The van der Waals surface area contributed by atoms with E-state index in [0.717, 1.165) is 5.69 Å². The van der Waals surface area contributed by atoms with Gasteiger partial charge >= 0.3 is 0 Å². The first kappa shape index (κ1) is 10.8. The zero-order valence-corrected chi connectivity index (χ0v) is 9.89. The molecule has 0 atom stereocenters. The van der Waals surface area contributed by atoms with Gasteiger partial charge in [0.25, 0.3) is 0 Å². The number of imidazole rings is 1. The number of anilines is 1. The van der Waals surface area contributed by atoms with Gasteiger partial charge < -0.3 is 10.3 Å². The average molecular weight is 262 g/mol. The second-order valence-corrected chi connectivity index (χ2v) is 3.83. The molecule has 7 nitrogen and oxygen atoms in total. The molecule has 3 aromatic heterocycles. The highest BCUT2D eigenvalue weighted by molar-refractivity contribution is 6.28. The summed E-state index contributed by atoms with van der Waals surface area (Å²) in [5, 5.41) is 3.27. The zero-order valence-electron chi connectivity index (χ0n) is 9.13. The molecule has 0 aliphatic heterocycles. The van der Waals surface area contributed by atoms with Crippen molar-refractivity contribution in [1.29, 1.82) is 0 Å². The highest BCUT2D eigenvalue weighted by Gasteiger charge is 2.08. The maximum atomic E-state index is 5.82. The molecule has 3 heterocycles. The van der Waals surface area contributed by atoms with Gasteiger partial charge in [0, 0.05) is 12.4 Å². The molecule has 0 radical (unpaired) electrons. The van der Waals surface area contributed by atoms with Crippen LogP contribution in [0, 0.1) is 0 Å². The summed E-state index contributed by atoms with van der Waals surface area (Å²) in [6, 6.07) is 0. The summed E-state index contributed by atoms with van der Waals surface area (Å²) in [4.78, 5) is 23.2. The molecule has 2 N–H and O–H groups in total. The van der Waals surface area contributed by atoms with Gasteiger partial charge in [0.05, 0.1) is 24.8 Å². The van der Waals surface area contributed by atoms with E-state index in [1.54, 1.807) is 24.9 Å². The molecule has 0 aromatic carbocycles. The second-order valence-electron chi connectivity index (χ2n) is 3.49. The number of aromatic nitrogens is 6.